The molecule has 0 unspecified atom stereocenters. The number of aromatic amines is 1. The van der Waals surface area contributed by atoms with E-state index >= 15 is 0 Å². The molecule has 0 radical (unpaired) electrons. The lowest BCUT2D eigenvalue weighted by Crippen LogP contribution is -2.34. The monoisotopic (exact) mass is 379 g/mol. The Morgan fingerprint density at radius 2 is 1.96 bits per heavy atom. The zero-order valence-corrected chi connectivity index (χ0v) is 15.9. The molecule has 1 aliphatic rings. The number of halogens is 1. The average molecular weight is 379 g/mol. The minimum Gasteiger partial charge on any atom is -0.314 e. The zero-order valence-electron chi connectivity index (χ0n) is 15.9. The molecule has 2 heterocycles. The molecule has 1 saturated heterocycles. The third-order valence-electron chi connectivity index (χ3n) is 5.19. The topological polar surface area (TPSA) is 73.9 Å². The molecule has 2 aromatic carbocycles. The standard InChI is InChI=1S/C21H22FN5O/c1-13-5-10-17(12-14(13)2)23-21(28)27-11-3-4-18(27)20-24-19(25-26-20)15-6-8-16(22)9-7-15/h5-10,12,18H,3-4,11H2,1-2H3,(H,23,28)(H,24,25,26)/t18-/m0/s1. The molecule has 1 aliphatic heterocycles. The first kappa shape index (κ1) is 18.2. The Labute approximate surface area is 162 Å². The van der Waals surface area contributed by atoms with Gasteiger partial charge in [0.1, 0.15) is 11.6 Å². The molecule has 0 aliphatic carbocycles. The van der Waals surface area contributed by atoms with Gasteiger partial charge in [-0.3, -0.25) is 5.10 Å². The van der Waals surface area contributed by atoms with Crippen molar-refractivity contribution in [2.24, 2.45) is 0 Å². The summed E-state index contributed by atoms with van der Waals surface area (Å²) in [5.74, 6) is 0.841. The lowest BCUT2D eigenvalue weighted by molar-refractivity contribution is 0.205. The van der Waals surface area contributed by atoms with Crippen LogP contribution in [-0.4, -0.2) is 32.7 Å². The van der Waals surface area contributed by atoms with E-state index in [9.17, 15) is 9.18 Å². The third kappa shape index (κ3) is 3.60. The molecule has 2 N–H and O–H groups in total. The van der Waals surface area contributed by atoms with Gasteiger partial charge in [0.15, 0.2) is 5.82 Å². The molecule has 28 heavy (non-hydrogen) atoms. The molecular weight excluding hydrogens is 357 g/mol. The van der Waals surface area contributed by atoms with Crippen LogP contribution >= 0.6 is 0 Å². The van der Waals surface area contributed by atoms with Crippen molar-refractivity contribution in [3.8, 4) is 11.4 Å². The van der Waals surface area contributed by atoms with Gasteiger partial charge in [-0.2, -0.15) is 5.10 Å². The Morgan fingerprint density at radius 1 is 1.18 bits per heavy atom. The van der Waals surface area contributed by atoms with Crippen LogP contribution in [0.3, 0.4) is 0 Å². The van der Waals surface area contributed by atoms with E-state index in [4.69, 9.17) is 0 Å². The fourth-order valence-electron chi connectivity index (χ4n) is 3.46. The number of carbonyl (C=O) groups excluding carboxylic acids is 1. The van der Waals surface area contributed by atoms with E-state index in [2.05, 4.69) is 20.5 Å². The number of hydrogen-bond acceptors (Lipinski definition) is 3. The van der Waals surface area contributed by atoms with Crippen LogP contribution in [0.1, 0.15) is 35.8 Å². The average Bonchev–Trinajstić information content (AvgIpc) is 3.34. The van der Waals surface area contributed by atoms with Gasteiger partial charge in [-0.1, -0.05) is 6.07 Å². The van der Waals surface area contributed by atoms with Crippen molar-refractivity contribution in [3.05, 3.63) is 65.2 Å². The van der Waals surface area contributed by atoms with Gasteiger partial charge in [0.2, 0.25) is 0 Å². The zero-order chi connectivity index (χ0) is 19.7. The molecule has 2 amide bonds. The van der Waals surface area contributed by atoms with Crippen molar-refractivity contribution < 1.29 is 9.18 Å². The molecule has 4 rings (SSSR count). The van der Waals surface area contributed by atoms with Crippen molar-refractivity contribution >= 4 is 11.7 Å². The highest BCUT2D eigenvalue weighted by atomic mass is 19.1. The van der Waals surface area contributed by atoms with E-state index in [0.717, 1.165) is 29.7 Å². The third-order valence-corrected chi connectivity index (χ3v) is 5.19. The van der Waals surface area contributed by atoms with Crippen LogP contribution in [0.2, 0.25) is 0 Å². The van der Waals surface area contributed by atoms with Gasteiger partial charge in [0, 0.05) is 17.8 Å². The van der Waals surface area contributed by atoms with Gasteiger partial charge in [0.05, 0.1) is 6.04 Å². The van der Waals surface area contributed by atoms with Crippen LogP contribution in [0.5, 0.6) is 0 Å². The van der Waals surface area contributed by atoms with Crippen molar-refractivity contribution in [1.82, 2.24) is 20.1 Å². The highest BCUT2D eigenvalue weighted by Crippen LogP contribution is 2.31. The fraction of sp³-hybridized carbons (Fsp3) is 0.286. The van der Waals surface area contributed by atoms with Gasteiger partial charge in [-0.15, -0.1) is 0 Å². The van der Waals surface area contributed by atoms with Gasteiger partial charge >= 0.3 is 6.03 Å². The lowest BCUT2D eigenvalue weighted by atomic mass is 10.1. The fourth-order valence-corrected chi connectivity index (χ4v) is 3.46. The number of carbonyl (C=O) groups is 1. The summed E-state index contributed by atoms with van der Waals surface area (Å²) in [7, 11) is 0. The quantitative estimate of drug-likeness (QED) is 0.699. The molecule has 1 aromatic heterocycles. The maximum absolute atomic E-state index is 13.1. The highest BCUT2D eigenvalue weighted by molar-refractivity contribution is 5.90. The van der Waals surface area contributed by atoms with Crippen LogP contribution in [0.4, 0.5) is 14.9 Å². The number of rotatable bonds is 3. The van der Waals surface area contributed by atoms with Crippen LogP contribution in [0.15, 0.2) is 42.5 Å². The largest absolute Gasteiger partial charge is 0.322 e. The maximum Gasteiger partial charge on any atom is 0.322 e. The van der Waals surface area contributed by atoms with Crippen LogP contribution in [-0.2, 0) is 0 Å². The molecule has 1 atom stereocenters. The van der Waals surface area contributed by atoms with E-state index < -0.39 is 0 Å². The number of benzene rings is 2. The molecule has 3 aromatic rings. The summed E-state index contributed by atoms with van der Waals surface area (Å²) >= 11 is 0. The van der Waals surface area contributed by atoms with Crippen molar-refractivity contribution in [2.75, 3.05) is 11.9 Å². The highest BCUT2D eigenvalue weighted by Gasteiger charge is 2.32. The van der Waals surface area contributed by atoms with Crippen LogP contribution < -0.4 is 5.32 Å². The molecule has 0 bridgehead atoms. The molecule has 144 valence electrons. The summed E-state index contributed by atoms with van der Waals surface area (Å²) < 4.78 is 13.1. The number of aryl methyl sites for hydroxylation is 2. The van der Waals surface area contributed by atoms with Crippen LogP contribution in [0.25, 0.3) is 11.4 Å². The molecule has 1 fully saturated rings. The van der Waals surface area contributed by atoms with E-state index in [-0.39, 0.29) is 17.9 Å². The molecule has 7 heteroatoms. The first-order chi connectivity index (χ1) is 13.5. The molecule has 6 nitrogen and oxygen atoms in total. The summed E-state index contributed by atoms with van der Waals surface area (Å²) in [6.07, 6.45) is 1.72. The van der Waals surface area contributed by atoms with Crippen molar-refractivity contribution in [2.45, 2.75) is 32.7 Å². The molecule has 0 spiro atoms. The molecule has 0 saturated carbocycles. The number of nitrogens with zero attached hydrogens (tertiary/aromatic N) is 3. The number of urea groups is 1. The Balaban J connectivity index is 1.51. The summed E-state index contributed by atoms with van der Waals surface area (Å²) in [6.45, 7) is 4.73. The summed E-state index contributed by atoms with van der Waals surface area (Å²) in [5, 5.41) is 10.2. The van der Waals surface area contributed by atoms with Gasteiger partial charge in [-0.05, 0) is 74.2 Å². The Hall–Kier alpha value is -3.22. The first-order valence-electron chi connectivity index (χ1n) is 9.34. The maximum atomic E-state index is 13.1. The number of anilines is 1. The van der Waals surface area contributed by atoms with Gasteiger partial charge in [-0.25, -0.2) is 14.2 Å². The van der Waals surface area contributed by atoms with E-state index in [1.165, 1.54) is 17.7 Å². The SMILES string of the molecule is Cc1ccc(NC(=O)N2CCC[C@H]2c2nc(-c3ccc(F)cc3)n[nH]2)cc1C. The van der Waals surface area contributed by atoms with Gasteiger partial charge in [0.25, 0.3) is 0 Å². The summed E-state index contributed by atoms with van der Waals surface area (Å²) in [4.78, 5) is 19.1. The second kappa shape index (κ2) is 7.42. The summed E-state index contributed by atoms with van der Waals surface area (Å²) in [6, 6.07) is 11.6. The van der Waals surface area contributed by atoms with Crippen molar-refractivity contribution in [3.63, 3.8) is 0 Å². The summed E-state index contributed by atoms with van der Waals surface area (Å²) in [5.41, 5.74) is 3.83. The predicted molar refractivity (Wildman–Crippen MR) is 105 cm³/mol. The van der Waals surface area contributed by atoms with E-state index in [1.807, 2.05) is 32.0 Å². The second-order valence-corrected chi connectivity index (χ2v) is 7.13. The Morgan fingerprint density at radius 3 is 2.71 bits per heavy atom. The number of likely N-dealkylation sites (tertiary alicyclic amines) is 1. The molecular formula is C21H22FN5O. The number of nitrogens with one attached hydrogen (secondary N) is 2. The predicted octanol–water partition coefficient (Wildman–Crippen LogP) is 4.60. The number of hydrogen-bond donors (Lipinski definition) is 2. The minimum absolute atomic E-state index is 0.148. The number of amides is 2. The van der Waals surface area contributed by atoms with Gasteiger partial charge < -0.3 is 10.2 Å². The van der Waals surface area contributed by atoms with E-state index in [0.29, 0.717) is 18.2 Å². The first-order valence-corrected chi connectivity index (χ1v) is 9.34. The lowest BCUT2D eigenvalue weighted by Gasteiger charge is -2.23. The Bertz CT molecular complexity index is 998. The normalized spacial score (nSPS) is 16.4. The minimum atomic E-state index is -0.301. The number of aromatic nitrogens is 3. The van der Waals surface area contributed by atoms with Crippen molar-refractivity contribution in [1.29, 1.82) is 0 Å². The smallest absolute Gasteiger partial charge is 0.314 e. The van der Waals surface area contributed by atoms with Crippen LogP contribution in [0, 0.1) is 19.7 Å². The second-order valence-electron chi connectivity index (χ2n) is 7.13. The Kier molecular flexibility index (Phi) is 4.81. The number of H-pyrrole nitrogens is 1. The van der Waals surface area contributed by atoms with E-state index in [1.54, 1.807) is 17.0 Å².